The number of hydrogen-bond acceptors (Lipinski definition) is 2. The Morgan fingerprint density at radius 3 is 2.14 bits per heavy atom. The standard InChI is InChI=1S/C10H13NO.CH4O/c1-3-8-4-6-9(7-5-8)10(12)11-2;1-2/h4-7H,3H2,1-2H3,(H,11,12);2H,1H3. The maximum Gasteiger partial charge on any atom is 0.251 e. The minimum atomic E-state index is -0.0300. The minimum absolute atomic E-state index is 0.0300. The zero-order valence-corrected chi connectivity index (χ0v) is 8.87. The molecule has 0 saturated heterocycles. The van der Waals surface area contributed by atoms with Gasteiger partial charge in [-0.3, -0.25) is 4.79 Å². The summed E-state index contributed by atoms with van der Waals surface area (Å²) in [4.78, 5) is 11.1. The first-order chi connectivity index (χ1) is 6.77. The molecule has 0 bridgehead atoms. The van der Waals surface area contributed by atoms with Crippen LogP contribution in [0.2, 0.25) is 0 Å². The molecule has 0 unspecified atom stereocenters. The molecule has 1 amide bonds. The molecule has 1 rings (SSSR count). The molecule has 0 aliphatic heterocycles. The van der Waals surface area contributed by atoms with Crippen molar-refractivity contribution < 1.29 is 9.90 Å². The van der Waals surface area contributed by atoms with E-state index >= 15 is 0 Å². The first-order valence-corrected chi connectivity index (χ1v) is 4.53. The van der Waals surface area contributed by atoms with Crippen molar-refractivity contribution >= 4 is 5.91 Å². The van der Waals surface area contributed by atoms with Gasteiger partial charge < -0.3 is 10.4 Å². The van der Waals surface area contributed by atoms with Gasteiger partial charge in [-0.2, -0.15) is 0 Å². The van der Waals surface area contributed by atoms with E-state index in [0.717, 1.165) is 19.1 Å². The number of nitrogens with one attached hydrogen (secondary N) is 1. The van der Waals surface area contributed by atoms with Crippen molar-refractivity contribution in [2.24, 2.45) is 0 Å². The maximum atomic E-state index is 11.1. The number of aliphatic hydroxyl groups is 1. The van der Waals surface area contributed by atoms with Crippen LogP contribution >= 0.6 is 0 Å². The molecule has 0 spiro atoms. The average molecular weight is 195 g/mol. The molecule has 0 saturated carbocycles. The van der Waals surface area contributed by atoms with Gasteiger partial charge in [0.25, 0.3) is 5.91 Å². The quantitative estimate of drug-likeness (QED) is 0.745. The number of rotatable bonds is 2. The summed E-state index contributed by atoms with van der Waals surface area (Å²) in [5.41, 5.74) is 1.97. The number of amides is 1. The van der Waals surface area contributed by atoms with E-state index in [1.54, 1.807) is 7.05 Å². The Labute approximate surface area is 84.8 Å². The SMILES string of the molecule is CCc1ccc(C(=O)NC)cc1.CO. The molecule has 0 fully saturated rings. The molecule has 1 aromatic rings. The third-order valence-electron chi connectivity index (χ3n) is 1.85. The van der Waals surface area contributed by atoms with Gasteiger partial charge in [-0.25, -0.2) is 0 Å². The summed E-state index contributed by atoms with van der Waals surface area (Å²) in [7, 11) is 2.63. The Morgan fingerprint density at radius 1 is 1.29 bits per heavy atom. The van der Waals surface area contributed by atoms with Crippen LogP contribution in [-0.4, -0.2) is 25.2 Å². The molecule has 0 radical (unpaired) electrons. The Morgan fingerprint density at radius 2 is 1.79 bits per heavy atom. The smallest absolute Gasteiger partial charge is 0.251 e. The summed E-state index contributed by atoms with van der Waals surface area (Å²) >= 11 is 0. The largest absolute Gasteiger partial charge is 0.400 e. The van der Waals surface area contributed by atoms with Crippen molar-refractivity contribution in [2.75, 3.05) is 14.2 Å². The van der Waals surface area contributed by atoms with Crippen LogP contribution in [0.25, 0.3) is 0 Å². The Balaban J connectivity index is 0.000000791. The molecular formula is C11H17NO2. The van der Waals surface area contributed by atoms with Gasteiger partial charge in [-0.15, -0.1) is 0 Å². The number of carbonyl (C=O) groups excluding carboxylic acids is 1. The zero-order chi connectivity index (χ0) is 11.0. The molecule has 14 heavy (non-hydrogen) atoms. The van der Waals surface area contributed by atoms with E-state index in [1.807, 2.05) is 24.3 Å². The highest BCUT2D eigenvalue weighted by molar-refractivity contribution is 5.93. The van der Waals surface area contributed by atoms with Crippen molar-refractivity contribution in [3.63, 3.8) is 0 Å². The number of carbonyl (C=O) groups is 1. The van der Waals surface area contributed by atoms with E-state index in [0.29, 0.717) is 0 Å². The number of aryl methyl sites for hydroxylation is 1. The summed E-state index contributed by atoms with van der Waals surface area (Å²) in [5, 5.41) is 9.58. The average Bonchev–Trinajstić information content (AvgIpc) is 2.31. The number of benzene rings is 1. The number of aliphatic hydroxyl groups excluding tert-OH is 1. The lowest BCUT2D eigenvalue weighted by Gasteiger charge is -2.00. The second-order valence-electron chi connectivity index (χ2n) is 2.63. The van der Waals surface area contributed by atoms with Gasteiger partial charge in [0.15, 0.2) is 0 Å². The first-order valence-electron chi connectivity index (χ1n) is 4.53. The van der Waals surface area contributed by atoms with Crippen LogP contribution < -0.4 is 5.32 Å². The summed E-state index contributed by atoms with van der Waals surface area (Å²) in [6, 6.07) is 7.64. The highest BCUT2D eigenvalue weighted by Crippen LogP contribution is 2.04. The molecule has 3 nitrogen and oxygen atoms in total. The fourth-order valence-corrected chi connectivity index (χ4v) is 1.04. The topological polar surface area (TPSA) is 49.3 Å². The van der Waals surface area contributed by atoms with Crippen LogP contribution in [0.4, 0.5) is 0 Å². The molecule has 0 atom stereocenters. The molecule has 0 aromatic heterocycles. The Bertz CT molecular complexity index is 267. The van der Waals surface area contributed by atoms with Gasteiger partial charge >= 0.3 is 0 Å². The van der Waals surface area contributed by atoms with Gasteiger partial charge in [0, 0.05) is 19.7 Å². The fourth-order valence-electron chi connectivity index (χ4n) is 1.04. The van der Waals surface area contributed by atoms with Crippen molar-refractivity contribution in [3.05, 3.63) is 35.4 Å². The maximum absolute atomic E-state index is 11.1. The lowest BCUT2D eigenvalue weighted by molar-refractivity contribution is 0.0963. The van der Waals surface area contributed by atoms with E-state index < -0.39 is 0 Å². The van der Waals surface area contributed by atoms with Crippen molar-refractivity contribution in [2.45, 2.75) is 13.3 Å². The van der Waals surface area contributed by atoms with Crippen molar-refractivity contribution in [1.82, 2.24) is 5.32 Å². The molecular weight excluding hydrogens is 178 g/mol. The lowest BCUT2D eigenvalue weighted by Crippen LogP contribution is -2.17. The number of hydrogen-bond donors (Lipinski definition) is 2. The fraction of sp³-hybridized carbons (Fsp3) is 0.364. The van der Waals surface area contributed by atoms with Gasteiger partial charge in [-0.05, 0) is 24.1 Å². The van der Waals surface area contributed by atoms with E-state index in [4.69, 9.17) is 5.11 Å². The van der Waals surface area contributed by atoms with Crippen LogP contribution in [-0.2, 0) is 6.42 Å². The van der Waals surface area contributed by atoms with E-state index in [9.17, 15) is 4.79 Å². The van der Waals surface area contributed by atoms with Crippen molar-refractivity contribution in [1.29, 1.82) is 0 Å². The van der Waals surface area contributed by atoms with Crippen LogP contribution in [0.3, 0.4) is 0 Å². The summed E-state index contributed by atoms with van der Waals surface area (Å²) < 4.78 is 0. The van der Waals surface area contributed by atoms with E-state index in [1.165, 1.54) is 5.56 Å². The molecule has 78 valence electrons. The van der Waals surface area contributed by atoms with Gasteiger partial charge in [-0.1, -0.05) is 19.1 Å². The predicted molar refractivity (Wildman–Crippen MR) is 57.4 cm³/mol. The molecule has 0 heterocycles. The summed E-state index contributed by atoms with van der Waals surface area (Å²) in [6.07, 6.45) is 1.01. The molecule has 3 heteroatoms. The van der Waals surface area contributed by atoms with Crippen LogP contribution in [0.5, 0.6) is 0 Å². The van der Waals surface area contributed by atoms with E-state index in [2.05, 4.69) is 12.2 Å². The van der Waals surface area contributed by atoms with Crippen molar-refractivity contribution in [3.8, 4) is 0 Å². The van der Waals surface area contributed by atoms with Crippen LogP contribution in [0, 0.1) is 0 Å². The predicted octanol–water partition coefficient (Wildman–Crippen LogP) is 1.22. The van der Waals surface area contributed by atoms with Gasteiger partial charge in [0.1, 0.15) is 0 Å². The van der Waals surface area contributed by atoms with Crippen LogP contribution in [0.15, 0.2) is 24.3 Å². The lowest BCUT2D eigenvalue weighted by atomic mass is 10.1. The minimum Gasteiger partial charge on any atom is -0.400 e. The van der Waals surface area contributed by atoms with Gasteiger partial charge in [0.05, 0.1) is 0 Å². The molecule has 0 aliphatic carbocycles. The molecule has 0 aliphatic rings. The van der Waals surface area contributed by atoms with Gasteiger partial charge in [0.2, 0.25) is 0 Å². The summed E-state index contributed by atoms with van der Waals surface area (Å²) in [5.74, 6) is -0.0300. The normalized spacial score (nSPS) is 8.57. The Hall–Kier alpha value is -1.35. The first kappa shape index (κ1) is 12.7. The van der Waals surface area contributed by atoms with Crippen LogP contribution in [0.1, 0.15) is 22.8 Å². The monoisotopic (exact) mass is 195 g/mol. The highest BCUT2D eigenvalue weighted by atomic mass is 16.2. The Kier molecular flexibility index (Phi) is 6.41. The zero-order valence-electron chi connectivity index (χ0n) is 8.87. The van der Waals surface area contributed by atoms with E-state index in [-0.39, 0.29) is 5.91 Å². The molecule has 2 N–H and O–H groups in total. The highest BCUT2D eigenvalue weighted by Gasteiger charge is 2.00. The molecule has 1 aromatic carbocycles. The summed E-state index contributed by atoms with van der Waals surface area (Å²) in [6.45, 7) is 2.09. The second-order valence-corrected chi connectivity index (χ2v) is 2.63. The third kappa shape index (κ3) is 3.58. The third-order valence-corrected chi connectivity index (χ3v) is 1.85. The second kappa shape index (κ2) is 7.09.